The van der Waals surface area contributed by atoms with Crippen LogP contribution in [-0.4, -0.2) is 9.67 Å². The molecule has 1 heterocycles. The summed E-state index contributed by atoms with van der Waals surface area (Å²) in [6.45, 7) is 2.73. The minimum Gasteiger partial charge on any atom is -0.392 e. The normalized spacial score (nSPS) is 11.2. The van der Waals surface area contributed by atoms with Crippen LogP contribution < -0.4 is 0 Å². The van der Waals surface area contributed by atoms with Crippen LogP contribution in [0.4, 0.5) is 0 Å². The van der Waals surface area contributed by atoms with E-state index in [2.05, 4.69) is 29.7 Å². The topological polar surface area (TPSA) is 25.2 Å². The van der Waals surface area contributed by atoms with Gasteiger partial charge in [-0.3, -0.25) is 0 Å². The zero-order valence-corrected chi connectivity index (χ0v) is 12.1. The largest absolute Gasteiger partial charge is 0.392 e. The molecular weight excluding hydrogens is 270 g/mol. The summed E-state index contributed by atoms with van der Waals surface area (Å²) >= 11 is 6.46. The van der Waals surface area contributed by atoms with Gasteiger partial charge in [0.2, 0.25) is 0 Å². The number of hydrogen-bond donors (Lipinski definition) is 1. The summed E-state index contributed by atoms with van der Waals surface area (Å²) in [6, 6.07) is 16.4. The summed E-state index contributed by atoms with van der Waals surface area (Å²) in [6.07, 6.45) is 0. The molecule has 3 heteroatoms. The van der Waals surface area contributed by atoms with E-state index in [9.17, 15) is 5.11 Å². The van der Waals surface area contributed by atoms with E-state index < -0.39 is 0 Å². The monoisotopic (exact) mass is 285 g/mol. The van der Waals surface area contributed by atoms with E-state index >= 15 is 0 Å². The minimum atomic E-state index is -0.0415. The maximum Gasteiger partial charge on any atom is 0.115 e. The fourth-order valence-electron chi connectivity index (χ4n) is 2.57. The highest BCUT2D eigenvalue weighted by atomic mass is 35.5. The molecule has 0 aliphatic carbocycles. The van der Waals surface area contributed by atoms with Crippen molar-refractivity contribution in [1.82, 2.24) is 4.57 Å². The van der Waals surface area contributed by atoms with Gasteiger partial charge in [-0.15, -0.1) is 0 Å². The average Bonchev–Trinajstić information content (AvgIpc) is 2.72. The van der Waals surface area contributed by atoms with Crippen LogP contribution in [0.3, 0.4) is 0 Å². The molecule has 102 valence electrons. The molecular formula is C17H16ClNO. The van der Waals surface area contributed by atoms with E-state index in [1.54, 1.807) is 0 Å². The highest BCUT2D eigenvalue weighted by Gasteiger charge is 2.15. The van der Waals surface area contributed by atoms with Gasteiger partial charge in [-0.05, 0) is 24.1 Å². The Bertz CT molecular complexity index is 747. The zero-order chi connectivity index (χ0) is 14.1. The minimum absolute atomic E-state index is 0.0415. The number of halogens is 1. The Hall–Kier alpha value is -1.77. The smallest absolute Gasteiger partial charge is 0.115 e. The first-order chi connectivity index (χ1) is 9.70. The summed E-state index contributed by atoms with van der Waals surface area (Å²) in [5.74, 6) is 0. The summed E-state index contributed by atoms with van der Waals surface area (Å²) in [5, 5.41) is 11.2. The van der Waals surface area contributed by atoms with Gasteiger partial charge in [0.15, 0.2) is 0 Å². The Labute approximate surface area is 123 Å². The molecule has 0 atom stereocenters. The van der Waals surface area contributed by atoms with Gasteiger partial charge >= 0.3 is 0 Å². The lowest BCUT2D eigenvalue weighted by Gasteiger charge is -2.08. The molecule has 0 aliphatic rings. The lowest BCUT2D eigenvalue weighted by atomic mass is 10.1. The molecule has 1 N–H and O–H groups in total. The summed E-state index contributed by atoms with van der Waals surface area (Å²) in [5.41, 5.74) is 4.25. The van der Waals surface area contributed by atoms with Crippen molar-refractivity contribution in [2.75, 3.05) is 0 Å². The molecule has 3 aromatic rings. The SMILES string of the molecule is Cc1ccc2c(CO)c(Cl)n(Cc3ccccc3)c2c1. The summed E-state index contributed by atoms with van der Waals surface area (Å²) in [7, 11) is 0. The van der Waals surface area contributed by atoms with Crippen molar-refractivity contribution in [1.29, 1.82) is 0 Å². The van der Waals surface area contributed by atoms with Gasteiger partial charge in [0, 0.05) is 17.5 Å². The van der Waals surface area contributed by atoms with Gasteiger partial charge in [0.25, 0.3) is 0 Å². The lowest BCUT2D eigenvalue weighted by molar-refractivity contribution is 0.283. The fraction of sp³-hybridized carbons (Fsp3) is 0.176. The second kappa shape index (κ2) is 5.31. The molecule has 0 spiro atoms. The first-order valence-corrected chi connectivity index (χ1v) is 7.00. The van der Waals surface area contributed by atoms with Crippen LogP contribution in [0.5, 0.6) is 0 Å². The van der Waals surface area contributed by atoms with Crippen molar-refractivity contribution < 1.29 is 5.11 Å². The Morgan fingerprint density at radius 2 is 1.85 bits per heavy atom. The molecule has 1 aromatic heterocycles. The van der Waals surface area contributed by atoms with E-state index in [1.807, 2.05) is 30.3 Å². The van der Waals surface area contributed by atoms with Gasteiger partial charge in [0.1, 0.15) is 5.15 Å². The van der Waals surface area contributed by atoms with Crippen LogP contribution in [0.2, 0.25) is 5.15 Å². The van der Waals surface area contributed by atoms with Crippen molar-refractivity contribution in [3.63, 3.8) is 0 Å². The van der Waals surface area contributed by atoms with Gasteiger partial charge in [-0.25, -0.2) is 0 Å². The number of rotatable bonds is 3. The number of aliphatic hydroxyl groups excluding tert-OH is 1. The van der Waals surface area contributed by atoms with Crippen molar-refractivity contribution in [2.45, 2.75) is 20.1 Å². The van der Waals surface area contributed by atoms with Crippen LogP contribution in [0.15, 0.2) is 48.5 Å². The lowest BCUT2D eigenvalue weighted by Crippen LogP contribution is -1.99. The highest BCUT2D eigenvalue weighted by molar-refractivity contribution is 6.32. The molecule has 3 rings (SSSR count). The van der Waals surface area contributed by atoms with E-state index in [0.717, 1.165) is 16.5 Å². The number of hydrogen-bond acceptors (Lipinski definition) is 1. The van der Waals surface area contributed by atoms with Crippen LogP contribution in [0, 0.1) is 6.92 Å². The van der Waals surface area contributed by atoms with Crippen LogP contribution >= 0.6 is 11.6 Å². The summed E-state index contributed by atoms with van der Waals surface area (Å²) in [4.78, 5) is 0. The number of aromatic nitrogens is 1. The van der Waals surface area contributed by atoms with E-state index in [0.29, 0.717) is 11.7 Å². The molecule has 0 bridgehead atoms. The number of nitrogens with zero attached hydrogens (tertiary/aromatic N) is 1. The zero-order valence-electron chi connectivity index (χ0n) is 11.3. The maximum atomic E-state index is 9.57. The number of aryl methyl sites for hydroxylation is 1. The predicted molar refractivity (Wildman–Crippen MR) is 83.2 cm³/mol. The third-order valence-electron chi connectivity index (χ3n) is 3.60. The van der Waals surface area contributed by atoms with E-state index in [4.69, 9.17) is 11.6 Å². The van der Waals surface area contributed by atoms with E-state index in [1.165, 1.54) is 11.1 Å². The first kappa shape index (κ1) is 13.2. The molecule has 0 radical (unpaired) electrons. The maximum absolute atomic E-state index is 9.57. The van der Waals surface area contributed by atoms with Crippen LogP contribution in [0.25, 0.3) is 10.9 Å². The van der Waals surface area contributed by atoms with Gasteiger partial charge in [-0.2, -0.15) is 0 Å². The molecule has 0 amide bonds. The Balaban J connectivity index is 2.19. The van der Waals surface area contributed by atoms with Crippen LogP contribution in [0.1, 0.15) is 16.7 Å². The second-order valence-electron chi connectivity index (χ2n) is 5.02. The molecule has 20 heavy (non-hydrogen) atoms. The third-order valence-corrected chi connectivity index (χ3v) is 4.03. The van der Waals surface area contributed by atoms with E-state index in [-0.39, 0.29) is 6.61 Å². The molecule has 0 fully saturated rings. The summed E-state index contributed by atoms with van der Waals surface area (Å²) < 4.78 is 2.06. The van der Waals surface area contributed by atoms with Crippen molar-refractivity contribution >= 4 is 22.5 Å². The number of fused-ring (bicyclic) bond motifs is 1. The van der Waals surface area contributed by atoms with Crippen LogP contribution in [-0.2, 0) is 13.2 Å². The highest BCUT2D eigenvalue weighted by Crippen LogP contribution is 2.31. The second-order valence-corrected chi connectivity index (χ2v) is 5.38. The molecule has 2 aromatic carbocycles. The molecule has 0 saturated heterocycles. The predicted octanol–water partition coefficient (Wildman–Crippen LogP) is 4.14. The molecule has 0 saturated carbocycles. The quantitative estimate of drug-likeness (QED) is 0.768. The van der Waals surface area contributed by atoms with Crippen molar-refractivity contribution in [3.05, 3.63) is 70.4 Å². The van der Waals surface area contributed by atoms with Crippen molar-refractivity contribution in [3.8, 4) is 0 Å². The Kier molecular flexibility index (Phi) is 3.51. The molecule has 0 unspecified atom stereocenters. The van der Waals surface area contributed by atoms with Gasteiger partial charge in [-0.1, -0.05) is 54.1 Å². The number of benzene rings is 2. The standard InChI is InChI=1S/C17H16ClNO/c1-12-7-8-14-15(11-20)17(18)19(16(14)9-12)10-13-5-3-2-4-6-13/h2-9,20H,10-11H2,1H3. The molecule has 0 aliphatic heterocycles. The Morgan fingerprint density at radius 1 is 1.10 bits per heavy atom. The first-order valence-electron chi connectivity index (χ1n) is 6.62. The van der Waals surface area contributed by atoms with Crippen molar-refractivity contribution in [2.24, 2.45) is 0 Å². The number of aliphatic hydroxyl groups is 1. The van der Waals surface area contributed by atoms with Gasteiger partial charge < -0.3 is 9.67 Å². The Morgan fingerprint density at radius 3 is 2.55 bits per heavy atom. The average molecular weight is 286 g/mol. The van der Waals surface area contributed by atoms with Gasteiger partial charge in [0.05, 0.1) is 12.1 Å². The molecule has 2 nitrogen and oxygen atoms in total. The fourth-order valence-corrected chi connectivity index (χ4v) is 2.88. The third kappa shape index (κ3) is 2.21.